The lowest BCUT2D eigenvalue weighted by molar-refractivity contribution is -0.156. The van der Waals surface area contributed by atoms with E-state index in [9.17, 15) is 21.6 Å². The molecule has 0 radical (unpaired) electrons. The second-order valence-electron chi connectivity index (χ2n) is 7.84. The first-order valence-corrected chi connectivity index (χ1v) is 11.4. The summed E-state index contributed by atoms with van der Waals surface area (Å²) in [5.41, 5.74) is 0.00568. The molecule has 0 saturated carbocycles. The highest BCUT2D eigenvalue weighted by Gasteiger charge is 2.55. The minimum absolute atomic E-state index is 0.108. The summed E-state index contributed by atoms with van der Waals surface area (Å²) in [6.45, 7) is 1.80. The monoisotopic (exact) mass is 458 g/mol. The fourth-order valence-corrected chi connectivity index (χ4v) is 5.57. The molecule has 3 aromatic carbocycles. The van der Waals surface area contributed by atoms with Crippen molar-refractivity contribution < 1.29 is 21.6 Å². The third kappa shape index (κ3) is 4.14. The Morgan fingerprint density at radius 2 is 1.47 bits per heavy atom. The van der Waals surface area contributed by atoms with E-state index >= 15 is 0 Å². The number of sulfonamides is 1. The van der Waals surface area contributed by atoms with Crippen LogP contribution in [0.2, 0.25) is 0 Å². The van der Waals surface area contributed by atoms with Gasteiger partial charge in [0.15, 0.2) is 0 Å². The third-order valence-corrected chi connectivity index (χ3v) is 7.25. The predicted octanol–water partition coefficient (Wildman–Crippen LogP) is 5.64. The van der Waals surface area contributed by atoms with Crippen molar-refractivity contribution in [1.82, 2.24) is 4.41 Å². The molecule has 8 heteroatoms. The van der Waals surface area contributed by atoms with Crippen LogP contribution in [-0.4, -0.2) is 24.7 Å². The molecule has 1 aliphatic heterocycles. The highest BCUT2D eigenvalue weighted by molar-refractivity contribution is 7.89. The van der Waals surface area contributed by atoms with Gasteiger partial charge in [0.25, 0.3) is 10.0 Å². The second-order valence-corrected chi connectivity index (χ2v) is 9.61. The summed E-state index contributed by atoms with van der Waals surface area (Å²) in [6, 6.07) is 22.6. The summed E-state index contributed by atoms with van der Waals surface area (Å²) in [6.07, 6.45) is -6.20. The van der Waals surface area contributed by atoms with Crippen molar-refractivity contribution in [3.05, 3.63) is 102 Å². The number of benzene rings is 3. The standard InChI is InChI=1S/C24H21F3N2O2S/c1-18-12-14-21(15-13-18)32(30,31)29-23(17-24(25,26)27,20-10-6-3-7-11-20)16-22(28-29)19-8-4-2-5-9-19/h2-15H,16-17H2,1H3. The normalized spacial score (nSPS) is 19.1. The van der Waals surface area contributed by atoms with E-state index in [1.54, 1.807) is 67.6 Å². The molecule has 0 N–H and O–H groups in total. The van der Waals surface area contributed by atoms with Gasteiger partial charge in [-0.1, -0.05) is 78.4 Å². The molecule has 166 valence electrons. The molecular formula is C24H21F3N2O2S. The van der Waals surface area contributed by atoms with Gasteiger partial charge in [0.2, 0.25) is 0 Å². The van der Waals surface area contributed by atoms with Crippen molar-refractivity contribution in [2.75, 3.05) is 0 Å². The van der Waals surface area contributed by atoms with E-state index in [4.69, 9.17) is 0 Å². The van der Waals surface area contributed by atoms with E-state index in [1.165, 1.54) is 24.3 Å². The van der Waals surface area contributed by atoms with Gasteiger partial charge in [-0.25, -0.2) is 0 Å². The van der Waals surface area contributed by atoms with Crippen molar-refractivity contribution in [2.45, 2.75) is 36.4 Å². The number of alkyl halides is 3. The molecule has 4 rings (SSSR count). The van der Waals surface area contributed by atoms with Crippen LogP contribution in [0.5, 0.6) is 0 Å². The predicted molar refractivity (Wildman–Crippen MR) is 117 cm³/mol. The van der Waals surface area contributed by atoms with Crippen LogP contribution in [0.25, 0.3) is 0 Å². The molecule has 4 nitrogen and oxygen atoms in total. The lowest BCUT2D eigenvalue weighted by Crippen LogP contribution is -2.46. The minimum atomic E-state index is -4.63. The summed E-state index contributed by atoms with van der Waals surface area (Å²) < 4.78 is 69.7. The Kier molecular flexibility index (Phi) is 5.58. The topological polar surface area (TPSA) is 49.7 Å². The number of halogens is 3. The molecule has 0 spiro atoms. The van der Waals surface area contributed by atoms with Gasteiger partial charge < -0.3 is 0 Å². The lowest BCUT2D eigenvalue weighted by atomic mass is 9.82. The largest absolute Gasteiger partial charge is 0.391 e. The zero-order valence-corrected chi connectivity index (χ0v) is 18.1. The molecule has 3 aromatic rings. The summed E-state index contributed by atoms with van der Waals surface area (Å²) in [4.78, 5) is -0.108. The number of hydrogen-bond donors (Lipinski definition) is 0. The fourth-order valence-electron chi connectivity index (χ4n) is 3.99. The van der Waals surface area contributed by atoms with Gasteiger partial charge in [-0.05, 0) is 30.2 Å². The Bertz CT molecular complexity index is 1230. The molecule has 0 saturated heterocycles. The van der Waals surface area contributed by atoms with Gasteiger partial charge >= 0.3 is 6.18 Å². The fraction of sp³-hybridized carbons (Fsp3) is 0.208. The molecule has 1 aliphatic rings. The molecule has 0 aliphatic carbocycles. The molecule has 0 aromatic heterocycles. The lowest BCUT2D eigenvalue weighted by Gasteiger charge is -2.37. The van der Waals surface area contributed by atoms with Crippen LogP contribution >= 0.6 is 0 Å². The van der Waals surface area contributed by atoms with Crippen LogP contribution in [0, 0.1) is 6.92 Å². The van der Waals surface area contributed by atoms with Gasteiger partial charge in [-0.15, -0.1) is 0 Å². The Morgan fingerprint density at radius 1 is 0.906 bits per heavy atom. The Hall–Kier alpha value is -3.13. The van der Waals surface area contributed by atoms with Gasteiger partial charge in [0.1, 0.15) is 5.54 Å². The first-order chi connectivity index (χ1) is 15.1. The number of rotatable bonds is 5. The summed E-state index contributed by atoms with van der Waals surface area (Å²) in [5.74, 6) is 0. The summed E-state index contributed by atoms with van der Waals surface area (Å²) in [5, 5.41) is 4.30. The highest BCUT2D eigenvalue weighted by atomic mass is 32.2. The van der Waals surface area contributed by atoms with E-state index in [-0.39, 0.29) is 22.6 Å². The second kappa shape index (κ2) is 8.09. The zero-order chi connectivity index (χ0) is 23.0. The average molecular weight is 459 g/mol. The molecule has 32 heavy (non-hydrogen) atoms. The van der Waals surface area contributed by atoms with Crippen molar-refractivity contribution in [1.29, 1.82) is 0 Å². The Labute approximate surface area is 185 Å². The van der Waals surface area contributed by atoms with E-state index in [2.05, 4.69) is 5.10 Å². The maximum atomic E-state index is 13.9. The zero-order valence-electron chi connectivity index (χ0n) is 17.3. The van der Waals surface area contributed by atoms with E-state index < -0.39 is 28.2 Å². The summed E-state index contributed by atoms with van der Waals surface area (Å²) >= 11 is 0. The molecular weight excluding hydrogens is 437 g/mol. The van der Waals surface area contributed by atoms with Crippen molar-refractivity contribution in [3.63, 3.8) is 0 Å². The first-order valence-electron chi connectivity index (χ1n) is 9.99. The third-order valence-electron chi connectivity index (χ3n) is 5.50. The van der Waals surface area contributed by atoms with Crippen molar-refractivity contribution in [2.24, 2.45) is 5.10 Å². The summed E-state index contributed by atoms with van der Waals surface area (Å²) in [7, 11) is -4.38. The van der Waals surface area contributed by atoms with Gasteiger partial charge in [-0.2, -0.15) is 31.1 Å². The van der Waals surface area contributed by atoms with E-state index in [0.717, 1.165) is 5.56 Å². The molecule has 1 unspecified atom stereocenters. The average Bonchev–Trinajstić information content (AvgIpc) is 3.15. The molecule has 1 atom stereocenters. The smallest absolute Gasteiger partial charge is 0.200 e. The quantitative estimate of drug-likeness (QED) is 0.497. The van der Waals surface area contributed by atoms with Crippen LogP contribution in [0.3, 0.4) is 0 Å². The van der Waals surface area contributed by atoms with Crippen LogP contribution in [0.4, 0.5) is 13.2 Å². The minimum Gasteiger partial charge on any atom is -0.200 e. The Morgan fingerprint density at radius 3 is 2.03 bits per heavy atom. The van der Waals surface area contributed by atoms with Crippen LogP contribution < -0.4 is 0 Å². The molecule has 0 fully saturated rings. The van der Waals surface area contributed by atoms with E-state index in [1.807, 2.05) is 0 Å². The molecule has 0 bridgehead atoms. The van der Waals surface area contributed by atoms with Gasteiger partial charge in [0.05, 0.1) is 17.0 Å². The number of hydrazone groups is 1. The number of nitrogens with zero attached hydrogens (tertiary/aromatic N) is 2. The van der Waals surface area contributed by atoms with E-state index in [0.29, 0.717) is 9.98 Å². The number of hydrogen-bond acceptors (Lipinski definition) is 3. The van der Waals surface area contributed by atoms with Crippen molar-refractivity contribution >= 4 is 15.7 Å². The highest BCUT2D eigenvalue weighted by Crippen LogP contribution is 2.48. The van der Waals surface area contributed by atoms with Crippen LogP contribution in [0.15, 0.2) is 94.9 Å². The Balaban J connectivity index is 1.95. The van der Waals surface area contributed by atoms with Gasteiger partial charge in [0, 0.05) is 6.42 Å². The maximum absolute atomic E-state index is 13.9. The molecule has 1 heterocycles. The van der Waals surface area contributed by atoms with Crippen LogP contribution in [-0.2, 0) is 15.6 Å². The van der Waals surface area contributed by atoms with Crippen LogP contribution in [0.1, 0.15) is 29.5 Å². The van der Waals surface area contributed by atoms with Crippen molar-refractivity contribution in [3.8, 4) is 0 Å². The first kappa shape index (κ1) is 22.1. The molecule has 0 amide bonds. The van der Waals surface area contributed by atoms with Gasteiger partial charge in [-0.3, -0.25) is 0 Å². The SMILES string of the molecule is Cc1ccc(S(=O)(=O)N2N=C(c3ccccc3)CC2(CC(F)(F)F)c2ccccc2)cc1. The maximum Gasteiger partial charge on any atom is 0.391 e. The number of aryl methyl sites for hydroxylation is 1.